The molecule has 108 valence electrons. The first-order chi connectivity index (χ1) is 11.3. The van der Waals surface area contributed by atoms with Gasteiger partial charge in [0.2, 0.25) is 0 Å². The lowest BCUT2D eigenvalue weighted by molar-refractivity contribution is 1.60. The van der Waals surface area contributed by atoms with Crippen LogP contribution in [0.15, 0.2) is 78.9 Å². The van der Waals surface area contributed by atoms with E-state index in [2.05, 4.69) is 85.8 Å². The van der Waals surface area contributed by atoms with E-state index in [1.807, 2.05) is 0 Å². The number of benzene rings is 5. The first kappa shape index (κ1) is 12.7. The smallest absolute Gasteiger partial charge is 0.00695 e. The maximum Gasteiger partial charge on any atom is -0.00695 e. The Kier molecular flexibility index (Phi) is 2.51. The number of fused-ring (bicyclic) bond motifs is 6. The first-order valence-corrected chi connectivity index (χ1v) is 8.05. The van der Waals surface area contributed by atoms with Gasteiger partial charge in [0.05, 0.1) is 0 Å². The van der Waals surface area contributed by atoms with Crippen molar-refractivity contribution in [3.63, 3.8) is 0 Å². The summed E-state index contributed by atoms with van der Waals surface area (Å²) < 4.78 is 0. The van der Waals surface area contributed by atoms with Crippen LogP contribution in [0.2, 0.25) is 0 Å². The van der Waals surface area contributed by atoms with Crippen molar-refractivity contribution in [3.05, 3.63) is 84.4 Å². The van der Waals surface area contributed by atoms with Gasteiger partial charge in [-0.05, 0) is 61.6 Å². The monoisotopic (exact) mass is 292 g/mol. The molecule has 0 fully saturated rings. The Morgan fingerprint density at radius 3 is 2.00 bits per heavy atom. The fraction of sp³-hybridized carbons (Fsp3) is 0.0435. The maximum absolute atomic E-state index is 2.31. The standard InChI is InChI=1S/C23H16/c1-15-19-8-4-3-7-17(19)14-18-11-12-21-20-9-5-2-6-16(20)10-13-22(21)23(15)18/h2-14H,1H3. The van der Waals surface area contributed by atoms with Gasteiger partial charge < -0.3 is 0 Å². The van der Waals surface area contributed by atoms with E-state index in [1.54, 1.807) is 0 Å². The van der Waals surface area contributed by atoms with Gasteiger partial charge in [-0.2, -0.15) is 0 Å². The fourth-order valence-electron chi connectivity index (χ4n) is 3.91. The van der Waals surface area contributed by atoms with E-state index in [9.17, 15) is 0 Å². The van der Waals surface area contributed by atoms with Crippen molar-refractivity contribution in [1.29, 1.82) is 0 Å². The predicted molar refractivity (Wildman–Crippen MR) is 101 cm³/mol. The molecule has 0 unspecified atom stereocenters. The van der Waals surface area contributed by atoms with Crippen LogP contribution in [0.4, 0.5) is 0 Å². The molecule has 0 spiro atoms. The minimum absolute atomic E-state index is 1.30. The minimum atomic E-state index is 1.30. The summed E-state index contributed by atoms with van der Waals surface area (Å²) in [5.74, 6) is 0. The zero-order valence-corrected chi connectivity index (χ0v) is 13.0. The molecule has 0 nitrogen and oxygen atoms in total. The summed E-state index contributed by atoms with van der Waals surface area (Å²) >= 11 is 0. The molecule has 0 atom stereocenters. The van der Waals surface area contributed by atoms with Crippen LogP contribution in [-0.4, -0.2) is 0 Å². The molecule has 5 aromatic rings. The Morgan fingerprint density at radius 1 is 0.478 bits per heavy atom. The molecule has 0 radical (unpaired) electrons. The highest BCUT2D eigenvalue weighted by molar-refractivity contribution is 6.20. The van der Waals surface area contributed by atoms with Crippen LogP contribution in [0.25, 0.3) is 43.1 Å². The fourth-order valence-corrected chi connectivity index (χ4v) is 3.91. The van der Waals surface area contributed by atoms with Crippen LogP contribution in [0.5, 0.6) is 0 Å². The van der Waals surface area contributed by atoms with Crippen molar-refractivity contribution in [2.45, 2.75) is 6.92 Å². The molecule has 0 aromatic heterocycles. The highest BCUT2D eigenvalue weighted by atomic mass is 14.1. The van der Waals surface area contributed by atoms with E-state index in [0.717, 1.165) is 0 Å². The number of rotatable bonds is 0. The van der Waals surface area contributed by atoms with Crippen molar-refractivity contribution in [2.24, 2.45) is 0 Å². The van der Waals surface area contributed by atoms with E-state index in [1.165, 1.54) is 48.7 Å². The van der Waals surface area contributed by atoms with Gasteiger partial charge in [0.1, 0.15) is 0 Å². The molecule has 0 heterocycles. The van der Waals surface area contributed by atoms with Gasteiger partial charge in [-0.3, -0.25) is 0 Å². The average molecular weight is 292 g/mol. The Hall–Kier alpha value is -2.86. The van der Waals surface area contributed by atoms with Gasteiger partial charge in [-0.1, -0.05) is 72.8 Å². The van der Waals surface area contributed by atoms with Crippen LogP contribution < -0.4 is 0 Å². The SMILES string of the molecule is Cc1c2ccccc2cc2ccc3c4ccccc4ccc3c12. The van der Waals surface area contributed by atoms with Crippen LogP contribution in [0.3, 0.4) is 0 Å². The number of aryl methyl sites for hydroxylation is 1. The molecule has 0 bridgehead atoms. The third-order valence-corrected chi connectivity index (χ3v) is 5.01. The molecule has 0 aliphatic rings. The third-order valence-electron chi connectivity index (χ3n) is 5.01. The molecule has 0 heteroatoms. The number of hydrogen-bond acceptors (Lipinski definition) is 0. The van der Waals surface area contributed by atoms with Gasteiger partial charge in [-0.15, -0.1) is 0 Å². The second-order valence-electron chi connectivity index (χ2n) is 6.27. The molecule has 0 amide bonds. The van der Waals surface area contributed by atoms with Crippen molar-refractivity contribution < 1.29 is 0 Å². The zero-order valence-electron chi connectivity index (χ0n) is 13.0. The van der Waals surface area contributed by atoms with E-state index < -0.39 is 0 Å². The highest BCUT2D eigenvalue weighted by Gasteiger charge is 2.09. The minimum Gasteiger partial charge on any atom is -0.0616 e. The summed E-state index contributed by atoms with van der Waals surface area (Å²) in [6.07, 6.45) is 0. The van der Waals surface area contributed by atoms with E-state index in [4.69, 9.17) is 0 Å². The van der Waals surface area contributed by atoms with Gasteiger partial charge in [0.15, 0.2) is 0 Å². The summed E-state index contributed by atoms with van der Waals surface area (Å²) in [7, 11) is 0. The summed E-state index contributed by atoms with van der Waals surface area (Å²) in [5.41, 5.74) is 1.37. The van der Waals surface area contributed by atoms with Crippen molar-refractivity contribution in [1.82, 2.24) is 0 Å². The normalized spacial score (nSPS) is 11.7. The molecule has 23 heavy (non-hydrogen) atoms. The predicted octanol–water partition coefficient (Wildman–Crippen LogP) is 6.61. The molecule has 5 rings (SSSR count). The van der Waals surface area contributed by atoms with Crippen LogP contribution in [0, 0.1) is 6.92 Å². The third kappa shape index (κ3) is 1.72. The molecule has 0 saturated heterocycles. The summed E-state index contributed by atoms with van der Waals surface area (Å²) in [6, 6.07) is 28.7. The summed E-state index contributed by atoms with van der Waals surface area (Å²) in [4.78, 5) is 0. The molecule has 0 aliphatic carbocycles. The molecule has 0 aliphatic heterocycles. The molecular weight excluding hydrogens is 276 g/mol. The van der Waals surface area contributed by atoms with Crippen molar-refractivity contribution in [2.75, 3.05) is 0 Å². The second-order valence-corrected chi connectivity index (χ2v) is 6.27. The lowest BCUT2D eigenvalue weighted by atomic mass is 9.92. The molecule has 5 aromatic carbocycles. The first-order valence-electron chi connectivity index (χ1n) is 8.05. The van der Waals surface area contributed by atoms with Gasteiger partial charge in [0, 0.05) is 0 Å². The quantitative estimate of drug-likeness (QED) is 0.222. The van der Waals surface area contributed by atoms with E-state index in [0.29, 0.717) is 0 Å². The van der Waals surface area contributed by atoms with Crippen molar-refractivity contribution >= 4 is 43.1 Å². The van der Waals surface area contributed by atoms with Crippen LogP contribution in [-0.2, 0) is 0 Å². The average Bonchev–Trinajstić information content (AvgIpc) is 2.61. The van der Waals surface area contributed by atoms with Gasteiger partial charge in [-0.25, -0.2) is 0 Å². The molecule has 0 N–H and O–H groups in total. The van der Waals surface area contributed by atoms with Gasteiger partial charge in [0.25, 0.3) is 0 Å². The van der Waals surface area contributed by atoms with Crippen LogP contribution >= 0.6 is 0 Å². The van der Waals surface area contributed by atoms with Crippen LogP contribution in [0.1, 0.15) is 5.56 Å². The Bertz CT molecular complexity index is 1210. The van der Waals surface area contributed by atoms with Crippen molar-refractivity contribution in [3.8, 4) is 0 Å². The number of hydrogen-bond donors (Lipinski definition) is 0. The van der Waals surface area contributed by atoms with Gasteiger partial charge >= 0.3 is 0 Å². The topological polar surface area (TPSA) is 0 Å². The second kappa shape index (κ2) is 4.57. The summed E-state index contributed by atoms with van der Waals surface area (Å²) in [6.45, 7) is 2.25. The van der Waals surface area contributed by atoms with E-state index in [-0.39, 0.29) is 0 Å². The highest BCUT2D eigenvalue weighted by Crippen LogP contribution is 2.36. The Labute approximate surface area is 135 Å². The lowest BCUT2D eigenvalue weighted by Gasteiger charge is -2.12. The Morgan fingerprint density at radius 2 is 1.13 bits per heavy atom. The maximum atomic E-state index is 2.31. The Balaban J connectivity index is 2.07. The van der Waals surface area contributed by atoms with E-state index >= 15 is 0 Å². The lowest BCUT2D eigenvalue weighted by Crippen LogP contribution is -1.86. The largest absolute Gasteiger partial charge is 0.0616 e. The molecule has 0 saturated carbocycles. The zero-order chi connectivity index (χ0) is 15.4. The summed E-state index contributed by atoms with van der Waals surface area (Å²) in [5, 5.41) is 10.7. The molecular formula is C23H16.